The fraction of sp³-hybridized carbons (Fsp3) is 0.833. The van der Waals surface area contributed by atoms with Gasteiger partial charge >= 0.3 is 0 Å². The molecule has 1 aliphatic heterocycles. The van der Waals surface area contributed by atoms with Gasteiger partial charge in [-0.15, -0.1) is 0 Å². The van der Waals surface area contributed by atoms with Crippen molar-refractivity contribution in [2.75, 3.05) is 33.7 Å². The predicted molar refractivity (Wildman–Crippen MR) is 66.4 cm³/mol. The first-order valence-electron chi connectivity index (χ1n) is 6.16. The van der Waals surface area contributed by atoms with Crippen molar-refractivity contribution in [3.05, 3.63) is 0 Å². The molecule has 5 nitrogen and oxygen atoms in total. The van der Waals surface area contributed by atoms with E-state index in [1.807, 2.05) is 0 Å². The largest absolute Gasteiger partial charge is 0.347 e. The molecule has 1 heterocycles. The summed E-state index contributed by atoms with van der Waals surface area (Å²) >= 11 is 0. The average Bonchev–Trinajstić information content (AvgIpc) is 2.35. The highest BCUT2D eigenvalue weighted by Crippen LogP contribution is 2.15. The number of nitrogens with one attached hydrogen (secondary N) is 1. The summed E-state index contributed by atoms with van der Waals surface area (Å²) in [5.41, 5.74) is 0. The monoisotopic (exact) mass is 238 g/mol. The highest BCUT2D eigenvalue weighted by atomic mass is 16.2. The number of rotatable bonds is 4. The Morgan fingerprint density at radius 1 is 1.65 bits per heavy atom. The van der Waals surface area contributed by atoms with Gasteiger partial charge in [-0.25, -0.2) is 0 Å². The summed E-state index contributed by atoms with van der Waals surface area (Å²) in [5, 5.41) is 12.1. The van der Waals surface area contributed by atoms with E-state index in [2.05, 4.69) is 23.2 Å². The maximum atomic E-state index is 12.1. The topological polar surface area (TPSA) is 59.4 Å². The number of piperazine rings is 1. The Balaban J connectivity index is 2.78. The molecular weight excluding hydrogens is 216 g/mol. The number of nitrogens with zero attached hydrogens (tertiary/aromatic N) is 3. The Kier molecular flexibility index (Phi) is 5.39. The standard InChI is InChI=1S/C12H22N4O/c1-4-10(5-6-13)16-8-7-14-9-11(16)12(17)15(2)3/h10-11,14H,4-5,7-9H2,1-3H3. The van der Waals surface area contributed by atoms with Gasteiger partial charge in [-0.1, -0.05) is 6.92 Å². The number of amides is 1. The lowest BCUT2D eigenvalue weighted by molar-refractivity contribution is -0.136. The second-order valence-corrected chi connectivity index (χ2v) is 4.61. The minimum atomic E-state index is -0.128. The van der Waals surface area contributed by atoms with E-state index in [1.54, 1.807) is 19.0 Å². The van der Waals surface area contributed by atoms with Crippen LogP contribution in [-0.2, 0) is 4.79 Å². The van der Waals surface area contributed by atoms with E-state index >= 15 is 0 Å². The van der Waals surface area contributed by atoms with E-state index < -0.39 is 0 Å². The molecule has 1 amide bonds. The van der Waals surface area contributed by atoms with E-state index in [1.165, 1.54) is 0 Å². The number of likely N-dealkylation sites (N-methyl/N-ethyl adjacent to an activating group) is 1. The van der Waals surface area contributed by atoms with Crippen LogP contribution in [-0.4, -0.2) is 61.5 Å². The van der Waals surface area contributed by atoms with Crippen LogP contribution in [0.1, 0.15) is 19.8 Å². The molecule has 0 spiro atoms. The lowest BCUT2D eigenvalue weighted by Gasteiger charge is -2.40. The zero-order valence-corrected chi connectivity index (χ0v) is 10.9. The molecule has 1 rings (SSSR count). The molecule has 0 radical (unpaired) electrons. The third-order valence-corrected chi connectivity index (χ3v) is 3.28. The molecule has 0 bridgehead atoms. The quantitative estimate of drug-likeness (QED) is 0.751. The molecule has 0 aliphatic carbocycles. The molecule has 5 heteroatoms. The van der Waals surface area contributed by atoms with Crippen LogP contribution in [0.15, 0.2) is 0 Å². The summed E-state index contributed by atoms with van der Waals surface area (Å²) in [6.45, 7) is 4.48. The Hall–Kier alpha value is -1.12. The molecule has 1 saturated heterocycles. The van der Waals surface area contributed by atoms with Crippen molar-refractivity contribution in [3.63, 3.8) is 0 Å². The fourth-order valence-electron chi connectivity index (χ4n) is 2.29. The van der Waals surface area contributed by atoms with Gasteiger partial charge in [0.25, 0.3) is 0 Å². The van der Waals surface area contributed by atoms with E-state index in [-0.39, 0.29) is 18.0 Å². The maximum absolute atomic E-state index is 12.1. The number of nitriles is 1. The summed E-state index contributed by atoms with van der Waals surface area (Å²) in [5.74, 6) is 0.119. The summed E-state index contributed by atoms with van der Waals surface area (Å²) in [6, 6.07) is 2.28. The summed E-state index contributed by atoms with van der Waals surface area (Å²) in [7, 11) is 3.56. The van der Waals surface area contributed by atoms with Crippen molar-refractivity contribution < 1.29 is 4.79 Å². The molecule has 17 heavy (non-hydrogen) atoms. The molecule has 0 aromatic rings. The molecule has 0 aromatic carbocycles. The molecule has 1 fully saturated rings. The zero-order chi connectivity index (χ0) is 12.8. The van der Waals surface area contributed by atoms with E-state index in [0.29, 0.717) is 13.0 Å². The molecule has 0 aromatic heterocycles. The summed E-state index contributed by atoms with van der Waals surface area (Å²) in [4.78, 5) is 15.9. The van der Waals surface area contributed by atoms with Gasteiger partial charge in [-0.2, -0.15) is 5.26 Å². The van der Waals surface area contributed by atoms with Crippen molar-refractivity contribution in [1.82, 2.24) is 15.1 Å². The molecule has 1 aliphatic rings. The lowest BCUT2D eigenvalue weighted by atomic mass is 10.0. The van der Waals surface area contributed by atoms with Crippen molar-refractivity contribution in [2.24, 2.45) is 0 Å². The molecule has 1 N–H and O–H groups in total. The first-order valence-corrected chi connectivity index (χ1v) is 6.16. The number of carbonyl (C=O) groups is 1. The zero-order valence-electron chi connectivity index (χ0n) is 10.9. The molecule has 2 unspecified atom stereocenters. The minimum absolute atomic E-state index is 0.119. The van der Waals surface area contributed by atoms with Gasteiger partial charge in [-0.05, 0) is 6.42 Å². The van der Waals surface area contributed by atoms with E-state index in [0.717, 1.165) is 19.5 Å². The van der Waals surface area contributed by atoms with E-state index in [9.17, 15) is 4.79 Å². The number of carbonyl (C=O) groups excluding carboxylic acids is 1. The van der Waals surface area contributed by atoms with E-state index in [4.69, 9.17) is 5.26 Å². The Morgan fingerprint density at radius 3 is 2.88 bits per heavy atom. The normalized spacial score (nSPS) is 22.8. The van der Waals surface area contributed by atoms with Crippen LogP contribution < -0.4 is 5.32 Å². The fourth-order valence-corrected chi connectivity index (χ4v) is 2.29. The van der Waals surface area contributed by atoms with Crippen LogP contribution >= 0.6 is 0 Å². The van der Waals surface area contributed by atoms with Crippen molar-refractivity contribution in [2.45, 2.75) is 31.8 Å². The Morgan fingerprint density at radius 2 is 2.35 bits per heavy atom. The third kappa shape index (κ3) is 3.42. The predicted octanol–water partition coefficient (Wildman–Crippen LogP) is 0.0407. The smallest absolute Gasteiger partial charge is 0.240 e. The van der Waals surface area contributed by atoms with Crippen molar-refractivity contribution >= 4 is 5.91 Å². The van der Waals surface area contributed by atoms with Gasteiger partial charge in [0.1, 0.15) is 6.04 Å². The van der Waals surface area contributed by atoms with Gasteiger partial charge in [0.15, 0.2) is 0 Å². The number of hydrogen-bond donors (Lipinski definition) is 1. The first-order chi connectivity index (χ1) is 8.11. The highest BCUT2D eigenvalue weighted by Gasteiger charge is 2.33. The molecule has 0 saturated carbocycles. The van der Waals surface area contributed by atoms with Gasteiger partial charge in [0.2, 0.25) is 5.91 Å². The van der Waals surface area contributed by atoms with Gasteiger partial charge < -0.3 is 10.2 Å². The Labute approximate surface area is 103 Å². The first kappa shape index (κ1) is 13.9. The maximum Gasteiger partial charge on any atom is 0.240 e. The second-order valence-electron chi connectivity index (χ2n) is 4.61. The minimum Gasteiger partial charge on any atom is -0.347 e. The van der Waals surface area contributed by atoms with Crippen LogP contribution in [0, 0.1) is 11.3 Å². The van der Waals surface area contributed by atoms with Crippen LogP contribution in [0.5, 0.6) is 0 Å². The second kappa shape index (κ2) is 6.58. The summed E-state index contributed by atoms with van der Waals surface area (Å²) < 4.78 is 0. The average molecular weight is 238 g/mol. The lowest BCUT2D eigenvalue weighted by Crippen LogP contribution is -2.60. The van der Waals surface area contributed by atoms with Crippen LogP contribution in [0.4, 0.5) is 0 Å². The molecule has 96 valence electrons. The number of hydrogen-bond acceptors (Lipinski definition) is 4. The van der Waals surface area contributed by atoms with Crippen LogP contribution in [0.25, 0.3) is 0 Å². The van der Waals surface area contributed by atoms with Crippen molar-refractivity contribution in [1.29, 1.82) is 5.26 Å². The van der Waals surface area contributed by atoms with Crippen LogP contribution in [0.3, 0.4) is 0 Å². The molecule has 2 atom stereocenters. The van der Waals surface area contributed by atoms with Crippen LogP contribution in [0.2, 0.25) is 0 Å². The Bertz CT molecular complexity index is 297. The molecular formula is C12H22N4O. The van der Waals surface area contributed by atoms with Gasteiger partial charge in [-0.3, -0.25) is 9.69 Å². The SMILES string of the molecule is CCC(CC#N)N1CCNCC1C(=O)N(C)C. The van der Waals surface area contributed by atoms with Gasteiger partial charge in [0.05, 0.1) is 12.5 Å². The highest BCUT2D eigenvalue weighted by molar-refractivity contribution is 5.81. The summed E-state index contributed by atoms with van der Waals surface area (Å²) in [6.07, 6.45) is 1.40. The third-order valence-electron chi connectivity index (χ3n) is 3.28. The van der Waals surface area contributed by atoms with Gasteiger partial charge in [0, 0.05) is 39.8 Å². The van der Waals surface area contributed by atoms with Crippen molar-refractivity contribution in [3.8, 4) is 6.07 Å².